The number of aliphatic hydroxyl groups excluding tert-OH is 7. The molecule has 0 spiro atoms. The summed E-state index contributed by atoms with van der Waals surface area (Å²) >= 11 is 0. The molecule has 3 fully saturated rings. The number of fused-ring (bicyclic) bond motifs is 2. The number of nitrogens with two attached hydrogens (primary N) is 2. The molecule has 0 bridgehead atoms. The van der Waals surface area contributed by atoms with Crippen molar-refractivity contribution in [2.45, 2.75) is 210 Å². The molecule has 27 nitrogen and oxygen atoms in total. The number of aliphatic hydroxyl groups is 7. The van der Waals surface area contributed by atoms with E-state index in [1.807, 2.05) is 0 Å². The molecule has 0 radical (unpaired) electrons. The Morgan fingerprint density at radius 1 is 0.753 bits per heavy atom. The molecule has 3 aliphatic heterocycles. The van der Waals surface area contributed by atoms with Gasteiger partial charge in [-0.15, -0.1) is 0 Å². The topological polar surface area (TPSA) is 449 Å². The first kappa shape index (κ1) is 63.0. The predicted molar refractivity (Wildman–Crippen MR) is 293 cm³/mol. The minimum Gasteiger partial charge on any atom is -0.508 e. The number of aliphatic carboxylic acids is 1. The number of rotatable bonds is 23. The zero-order valence-corrected chi connectivity index (χ0v) is 46.9. The highest BCUT2D eigenvalue weighted by molar-refractivity contribution is 5.98. The van der Waals surface area contributed by atoms with Gasteiger partial charge in [-0.2, -0.15) is 0 Å². The maximum absolute atomic E-state index is 14.7. The minimum atomic E-state index is -3.33. The number of amides is 7. The second kappa shape index (κ2) is 34.7. The summed E-state index contributed by atoms with van der Waals surface area (Å²) in [6.45, 7) is 0.847. The van der Waals surface area contributed by atoms with E-state index in [0.29, 0.717) is 29.6 Å². The van der Waals surface area contributed by atoms with Crippen LogP contribution in [0.25, 0.3) is 0 Å². The molecule has 0 aromatic heterocycles. The molecule has 3 saturated heterocycles. The van der Waals surface area contributed by atoms with E-state index in [1.54, 1.807) is 0 Å². The van der Waals surface area contributed by atoms with Crippen LogP contribution in [0.1, 0.15) is 142 Å². The Hall–Kier alpha value is -5.62. The number of hydrogen-bond donors (Lipinski definition) is 17. The van der Waals surface area contributed by atoms with Crippen molar-refractivity contribution in [1.82, 2.24) is 41.7 Å². The number of carboxylic acid groups (broad SMARTS) is 1. The highest BCUT2D eigenvalue weighted by Crippen LogP contribution is 2.27. The summed E-state index contributed by atoms with van der Waals surface area (Å²) in [6, 6.07) is -7.46. The van der Waals surface area contributed by atoms with Crippen molar-refractivity contribution in [2.24, 2.45) is 23.3 Å². The normalized spacial score (nSPS) is 28.6. The minimum absolute atomic E-state index is 0.106. The van der Waals surface area contributed by atoms with Gasteiger partial charge in [0.15, 0.2) is 0 Å². The van der Waals surface area contributed by atoms with Crippen molar-refractivity contribution in [3.8, 4) is 5.75 Å². The van der Waals surface area contributed by atoms with E-state index in [9.17, 15) is 74.4 Å². The molecular formula is C54H92N10O17. The van der Waals surface area contributed by atoms with Gasteiger partial charge >= 0.3 is 0 Å². The number of carbonyl (C=O) groups excluding carboxylic acids is 7. The number of unbranched alkanes of at least 4 members (excludes halogenated alkanes) is 5. The van der Waals surface area contributed by atoms with Crippen LogP contribution in [0.5, 0.6) is 5.75 Å². The first-order chi connectivity index (χ1) is 39.6. The Bertz CT molecular complexity index is 2360. The smallest absolute Gasteiger partial charge is 0.300 e. The maximum Gasteiger partial charge on any atom is 0.300 e. The first-order valence-corrected chi connectivity index (χ1v) is 27.8. The standard InChI is InChI=1S/C52H88N10O15.C2H4O2/c1-5-28(2)24-29(3)12-10-8-6-7-9-11-13-39(69)56-34-26-38(68)46(55-22-21-54)60-50(75)43-37(67)19-23-61(43)52(77)41(36(66)18-20-53)58-49(74)42(45(71)44(70)31-14-16-32(64)17-15-31)59-48(73)35-25-33(65)27-62(35)51(76)40(30(4)63)57-47(34)72;1-2(3)4/h14-17,28-30,33-38,40-46,55,63-68,70-71H,5-13,18-27,53-54H2,1-4H3,(H,56,69)(H,57,72)(H,58,74)(H,59,73)(H,60,75);1H3,(H,3,4)/t28?,29?,30-,33-,34+,35+,36-,37+,38-,40?,41+,42?,43+,44+,45+,46-;/m1./s1/i21D2,22D2;. The lowest BCUT2D eigenvalue weighted by molar-refractivity contribution is -0.148. The monoisotopic (exact) mass is 1160 g/mol. The highest BCUT2D eigenvalue weighted by atomic mass is 16.4. The average Bonchev–Trinajstić information content (AvgIpc) is 4.27. The number of benzene rings is 1. The third kappa shape index (κ3) is 21.9. The molecule has 0 saturated carbocycles. The second-order valence-corrected chi connectivity index (χ2v) is 21.5. The fourth-order valence-corrected chi connectivity index (χ4v) is 10.1. The number of carboxylic acids is 1. The van der Waals surface area contributed by atoms with Gasteiger partial charge in [-0.1, -0.05) is 77.8 Å². The number of carbonyl (C=O) groups is 8. The molecule has 1 aromatic rings. The number of aromatic hydroxyl groups is 1. The molecule has 19 N–H and O–H groups in total. The summed E-state index contributed by atoms with van der Waals surface area (Å²) < 4.78 is 32.9. The van der Waals surface area contributed by atoms with E-state index in [-0.39, 0.29) is 30.7 Å². The predicted octanol–water partition coefficient (Wildman–Crippen LogP) is -3.22. The Kier molecular flexibility index (Phi) is 27.0. The van der Waals surface area contributed by atoms with Gasteiger partial charge in [0.1, 0.15) is 60.4 Å². The Labute approximate surface area is 478 Å². The Balaban J connectivity index is 0.00000458. The molecular weight excluding hydrogens is 1060 g/mol. The van der Waals surface area contributed by atoms with Crippen LogP contribution in [0.3, 0.4) is 0 Å². The quantitative estimate of drug-likeness (QED) is 0.0479. The molecule has 4 unspecified atom stereocenters. The number of phenols is 1. The van der Waals surface area contributed by atoms with Gasteiger partial charge in [0.25, 0.3) is 5.97 Å². The molecule has 460 valence electrons. The van der Waals surface area contributed by atoms with Crippen LogP contribution in [0, 0.1) is 11.8 Å². The van der Waals surface area contributed by atoms with E-state index >= 15 is 0 Å². The van der Waals surface area contributed by atoms with Crippen LogP contribution in [-0.4, -0.2) is 215 Å². The molecule has 4 rings (SSSR count). The third-order valence-corrected chi connectivity index (χ3v) is 14.7. The third-order valence-electron chi connectivity index (χ3n) is 14.7. The number of nitrogens with zero attached hydrogens (tertiary/aromatic N) is 2. The van der Waals surface area contributed by atoms with E-state index in [2.05, 4.69) is 52.7 Å². The zero-order chi connectivity index (χ0) is 64.3. The fraction of sp³-hybridized carbons (Fsp3) is 0.741. The van der Waals surface area contributed by atoms with Gasteiger partial charge in [-0.3, -0.25) is 43.7 Å². The summed E-state index contributed by atoms with van der Waals surface area (Å²) in [7, 11) is 0. The summed E-state index contributed by atoms with van der Waals surface area (Å²) in [5, 5.41) is 111. The highest BCUT2D eigenvalue weighted by Gasteiger charge is 2.49. The summed E-state index contributed by atoms with van der Waals surface area (Å²) in [6.07, 6.45) is -10.0. The molecule has 3 heterocycles. The lowest BCUT2D eigenvalue weighted by Gasteiger charge is -2.35. The van der Waals surface area contributed by atoms with E-state index < -0.39 is 178 Å². The summed E-state index contributed by atoms with van der Waals surface area (Å²) in [5.41, 5.74) is 11.2. The summed E-state index contributed by atoms with van der Waals surface area (Å²) in [5.74, 6) is -8.38. The molecule has 0 aliphatic carbocycles. The maximum atomic E-state index is 14.7. The van der Waals surface area contributed by atoms with Gasteiger partial charge in [-0.05, 0) is 68.7 Å². The van der Waals surface area contributed by atoms with E-state index in [0.717, 1.165) is 75.8 Å². The van der Waals surface area contributed by atoms with Gasteiger partial charge in [0.05, 0.1) is 30.5 Å². The van der Waals surface area contributed by atoms with Crippen LogP contribution in [0.15, 0.2) is 24.3 Å². The van der Waals surface area contributed by atoms with Crippen LogP contribution in [0.2, 0.25) is 0 Å². The van der Waals surface area contributed by atoms with Crippen LogP contribution in [0.4, 0.5) is 0 Å². The molecule has 81 heavy (non-hydrogen) atoms. The van der Waals surface area contributed by atoms with Gasteiger partial charge < -0.3 is 93.8 Å². The summed E-state index contributed by atoms with van der Waals surface area (Å²) in [4.78, 5) is 111. The van der Waals surface area contributed by atoms with E-state index in [1.165, 1.54) is 12.1 Å². The molecule has 3 aliphatic rings. The fourth-order valence-electron chi connectivity index (χ4n) is 10.1. The van der Waals surface area contributed by atoms with Gasteiger partial charge in [-0.25, -0.2) is 0 Å². The lowest BCUT2D eigenvalue weighted by Crippen LogP contribution is -2.65. The first-order valence-electron chi connectivity index (χ1n) is 29.8. The molecule has 16 atom stereocenters. The second-order valence-electron chi connectivity index (χ2n) is 21.5. The molecule has 1 aromatic carbocycles. The largest absolute Gasteiger partial charge is 0.508 e. The lowest BCUT2D eigenvalue weighted by atomic mass is 9.91. The van der Waals surface area contributed by atoms with Crippen molar-refractivity contribution in [3.05, 3.63) is 29.8 Å². The zero-order valence-electron chi connectivity index (χ0n) is 50.9. The van der Waals surface area contributed by atoms with Crippen LogP contribution in [-0.2, 0) is 38.4 Å². The number of hydrogen-bond acceptors (Lipinski definition) is 19. The Morgan fingerprint density at radius 2 is 1.35 bits per heavy atom. The van der Waals surface area contributed by atoms with Gasteiger partial charge in [0.2, 0.25) is 41.4 Å². The van der Waals surface area contributed by atoms with Gasteiger partial charge in [0, 0.05) is 57.8 Å². The van der Waals surface area contributed by atoms with Crippen LogP contribution < -0.4 is 43.4 Å². The van der Waals surface area contributed by atoms with Crippen molar-refractivity contribution >= 4 is 47.3 Å². The van der Waals surface area contributed by atoms with Crippen molar-refractivity contribution < 1.29 is 89.8 Å². The number of nitrogens with one attached hydrogen (secondary N) is 6. The van der Waals surface area contributed by atoms with Crippen molar-refractivity contribution in [2.75, 3.05) is 32.6 Å². The molecule has 27 heteroatoms. The van der Waals surface area contributed by atoms with E-state index in [4.69, 9.17) is 26.9 Å². The Morgan fingerprint density at radius 3 is 1.95 bits per heavy atom. The van der Waals surface area contributed by atoms with Crippen molar-refractivity contribution in [3.63, 3.8) is 0 Å². The van der Waals surface area contributed by atoms with Crippen LogP contribution >= 0.6 is 0 Å². The number of phenolic OH excluding ortho intramolecular Hbond substituents is 1. The van der Waals surface area contributed by atoms with Crippen molar-refractivity contribution in [1.29, 1.82) is 0 Å². The molecule has 7 amide bonds. The SMILES string of the molecule is CC(=O)O.[2H]C([2H])(N)C([2H])([2H])N[C@@H]1NC(=O)[C@@H]2[C@@H](O)CCN2C(=O)[C@H]([C@H](O)CCN)NC(=O)C([C@H](O)[C@@H](O)c2ccc(O)cc2)NC(=O)[C@@H]2C[C@@H](O)CN2C(=O)C([C@@H](C)O)NC(=O)[C@@H](NC(=O)CCCCCCCCC(C)CC(C)CC)C[C@H]1O. The average molecular weight is 1160 g/mol.